The topological polar surface area (TPSA) is 77.2 Å². The van der Waals surface area contributed by atoms with Crippen molar-refractivity contribution in [3.63, 3.8) is 0 Å². The highest BCUT2D eigenvalue weighted by molar-refractivity contribution is 7.14. The molecule has 0 aliphatic rings. The van der Waals surface area contributed by atoms with Crippen LogP contribution in [0.5, 0.6) is 5.75 Å². The molecule has 0 saturated carbocycles. The van der Waals surface area contributed by atoms with Crippen LogP contribution in [-0.4, -0.2) is 23.0 Å². The van der Waals surface area contributed by atoms with Gasteiger partial charge in [-0.05, 0) is 25.1 Å². The van der Waals surface area contributed by atoms with Crippen LogP contribution in [0.4, 0.5) is 9.52 Å². The van der Waals surface area contributed by atoms with E-state index in [2.05, 4.69) is 15.3 Å². The third-order valence-electron chi connectivity index (χ3n) is 4.65. The predicted molar refractivity (Wildman–Crippen MR) is 118 cm³/mol. The van der Waals surface area contributed by atoms with Crippen molar-refractivity contribution in [2.45, 2.75) is 19.8 Å². The van der Waals surface area contributed by atoms with Gasteiger partial charge in [0.25, 0.3) is 0 Å². The molecule has 31 heavy (non-hydrogen) atoms. The summed E-state index contributed by atoms with van der Waals surface area (Å²) in [4.78, 5) is 20.9. The number of halogens is 1. The molecule has 2 aromatic heterocycles. The summed E-state index contributed by atoms with van der Waals surface area (Å²) in [6, 6.07) is 12.6. The molecule has 0 saturated heterocycles. The Balaban J connectivity index is 1.34. The van der Waals surface area contributed by atoms with Crippen LogP contribution >= 0.6 is 11.3 Å². The Bertz CT molecular complexity index is 1200. The van der Waals surface area contributed by atoms with Crippen molar-refractivity contribution in [3.8, 4) is 28.3 Å². The van der Waals surface area contributed by atoms with E-state index < -0.39 is 5.82 Å². The lowest BCUT2D eigenvalue weighted by molar-refractivity contribution is -0.116. The molecule has 4 rings (SSSR count). The van der Waals surface area contributed by atoms with Gasteiger partial charge in [0.2, 0.25) is 5.91 Å². The van der Waals surface area contributed by atoms with E-state index in [1.807, 2.05) is 31.2 Å². The van der Waals surface area contributed by atoms with Crippen molar-refractivity contribution in [2.75, 3.05) is 12.4 Å². The number of aromatic nitrogens is 2. The lowest BCUT2D eigenvalue weighted by Gasteiger charge is -2.03. The van der Waals surface area contributed by atoms with Gasteiger partial charge in [0.1, 0.15) is 0 Å². The van der Waals surface area contributed by atoms with Crippen molar-refractivity contribution in [1.29, 1.82) is 0 Å². The number of thiazole rings is 1. The minimum atomic E-state index is -0.463. The highest BCUT2D eigenvalue weighted by Crippen LogP contribution is 2.28. The summed E-state index contributed by atoms with van der Waals surface area (Å²) in [5, 5.41) is 4.98. The zero-order valence-electron chi connectivity index (χ0n) is 17.0. The third-order valence-corrected chi connectivity index (χ3v) is 5.41. The Morgan fingerprint density at radius 3 is 2.71 bits per heavy atom. The summed E-state index contributed by atoms with van der Waals surface area (Å²) in [7, 11) is 1.41. The van der Waals surface area contributed by atoms with Crippen molar-refractivity contribution < 1.29 is 18.3 Å². The average molecular weight is 437 g/mol. The van der Waals surface area contributed by atoms with E-state index >= 15 is 0 Å². The first-order valence-electron chi connectivity index (χ1n) is 9.63. The number of nitrogens with one attached hydrogen (secondary N) is 1. The first-order valence-corrected chi connectivity index (χ1v) is 10.5. The van der Waals surface area contributed by atoms with E-state index in [0.717, 1.165) is 5.56 Å². The number of hydrogen-bond acceptors (Lipinski definition) is 6. The molecule has 2 heterocycles. The standard InChI is InChI=1S/C23H20FN3O3S/c1-14-3-5-15(6-4-14)20-12-25-22(30-20)10-9-21(28)27-23-26-18(13-31-23)16-7-8-19(29-2)17(24)11-16/h3-8,11-13H,9-10H2,1-2H3,(H,26,27,28). The van der Waals surface area contributed by atoms with Crippen molar-refractivity contribution in [2.24, 2.45) is 0 Å². The van der Waals surface area contributed by atoms with Crippen LogP contribution in [-0.2, 0) is 11.2 Å². The van der Waals surface area contributed by atoms with Gasteiger partial charge < -0.3 is 14.5 Å². The quantitative estimate of drug-likeness (QED) is 0.414. The zero-order chi connectivity index (χ0) is 21.8. The van der Waals surface area contributed by atoms with E-state index in [-0.39, 0.29) is 18.1 Å². The monoisotopic (exact) mass is 437 g/mol. The lowest BCUT2D eigenvalue weighted by Crippen LogP contribution is -2.12. The molecular weight excluding hydrogens is 417 g/mol. The first kappa shape index (κ1) is 20.7. The second-order valence-electron chi connectivity index (χ2n) is 6.92. The van der Waals surface area contributed by atoms with Gasteiger partial charge in [-0.2, -0.15) is 0 Å². The summed E-state index contributed by atoms with van der Waals surface area (Å²) in [5.41, 5.74) is 3.30. The van der Waals surface area contributed by atoms with Gasteiger partial charge in [0.15, 0.2) is 28.3 Å². The minimum Gasteiger partial charge on any atom is -0.494 e. The molecule has 0 unspecified atom stereocenters. The highest BCUT2D eigenvalue weighted by atomic mass is 32.1. The van der Waals surface area contributed by atoms with Gasteiger partial charge in [0.05, 0.1) is 19.0 Å². The number of amides is 1. The van der Waals surface area contributed by atoms with Crippen LogP contribution in [0.25, 0.3) is 22.6 Å². The number of ether oxygens (including phenoxy) is 1. The molecule has 0 fully saturated rings. The summed E-state index contributed by atoms with van der Waals surface area (Å²) in [6.07, 6.45) is 2.25. The van der Waals surface area contributed by atoms with Gasteiger partial charge in [0, 0.05) is 29.3 Å². The van der Waals surface area contributed by atoms with Crippen molar-refractivity contribution in [3.05, 3.63) is 71.3 Å². The highest BCUT2D eigenvalue weighted by Gasteiger charge is 2.12. The fourth-order valence-corrected chi connectivity index (χ4v) is 3.70. The fourth-order valence-electron chi connectivity index (χ4n) is 2.97. The molecule has 1 N–H and O–H groups in total. The molecule has 6 nitrogen and oxygen atoms in total. The molecule has 0 aliphatic carbocycles. The second kappa shape index (κ2) is 9.09. The van der Waals surface area contributed by atoms with Gasteiger partial charge in [-0.25, -0.2) is 14.4 Å². The number of aryl methyl sites for hydroxylation is 2. The van der Waals surface area contributed by atoms with Gasteiger partial charge in [-0.1, -0.05) is 29.8 Å². The molecule has 2 aromatic carbocycles. The minimum absolute atomic E-state index is 0.171. The van der Waals surface area contributed by atoms with Gasteiger partial charge in [-0.15, -0.1) is 11.3 Å². The average Bonchev–Trinajstić information content (AvgIpc) is 3.43. The number of benzene rings is 2. The Kier molecular flexibility index (Phi) is 6.08. The maximum Gasteiger partial charge on any atom is 0.226 e. The second-order valence-corrected chi connectivity index (χ2v) is 7.78. The number of rotatable bonds is 7. The summed E-state index contributed by atoms with van der Waals surface area (Å²) < 4.78 is 24.6. The lowest BCUT2D eigenvalue weighted by atomic mass is 10.1. The smallest absolute Gasteiger partial charge is 0.226 e. The van der Waals surface area contributed by atoms with E-state index in [0.29, 0.717) is 34.5 Å². The zero-order valence-corrected chi connectivity index (χ0v) is 17.8. The van der Waals surface area contributed by atoms with Crippen LogP contribution in [0.2, 0.25) is 0 Å². The van der Waals surface area contributed by atoms with Crippen molar-refractivity contribution >= 4 is 22.4 Å². The number of oxazole rings is 1. The van der Waals surface area contributed by atoms with Crippen molar-refractivity contribution in [1.82, 2.24) is 9.97 Å². The molecular formula is C23H20FN3O3S. The SMILES string of the molecule is COc1ccc(-c2csc(NC(=O)CCc3ncc(-c4ccc(C)cc4)o3)n2)cc1F. The Morgan fingerprint density at radius 1 is 1.19 bits per heavy atom. The Morgan fingerprint density at radius 2 is 1.97 bits per heavy atom. The van der Waals surface area contributed by atoms with Crippen LogP contribution in [0, 0.1) is 12.7 Å². The number of carbonyl (C=O) groups excluding carboxylic acids is 1. The maximum absolute atomic E-state index is 13.9. The van der Waals surface area contributed by atoms with Crippen LogP contribution < -0.4 is 10.1 Å². The molecule has 0 bridgehead atoms. The number of hydrogen-bond donors (Lipinski definition) is 1. The third kappa shape index (κ3) is 4.97. The van der Waals surface area contributed by atoms with Crippen LogP contribution in [0.15, 0.2) is 58.5 Å². The maximum atomic E-state index is 13.9. The molecule has 158 valence electrons. The molecule has 0 radical (unpaired) electrons. The molecule has 0 aliphatic heterocycles. The normalized spacial score (nSPS) is 10.8. The Labute approximate surface area is 182 Å². The molecule has 0 spiro atoms. The van der Waals surface area contributed by atoms with Gasteiger partial charge >= 0.3 is 0 Å². The number of carbonyl (C=O) groups is 1. The molecule has 8 heteroatoms. The number of methoxy groups -OCH3 is 1. The summed E-state index contributed by atoms with van der Waals surface area (Å²) in [6.45, 7) is 2.02. The van der Waals surface area contributed by atoms with E-state index in [9.17, 15) is 9.18 Å². The largest absolute Gasteiger partial charge is 0.494 e. The fraction of sp³-hybridized carbons (Fsp3) is 0.174. The predicted octanol–water partition coefficient (Wildman–Crippen LogP) is 5.49. The molecule has 4 aromatic rings. The summed E-state index contributed by atoms with van der Waals surface area (Å²) in [5.74, 6) is 0.682. The van der Waals surface area contributed by atoms with E-state index in [4.69, 9.17) is 9.15 Å². The van der Waals surface area contributed by atoms with E-state index in [1.54, 1.807) is 23.7 Å². The molecule has 1 amide bonds. The first-order chi connectivity index (χ1) is 15.0. The van der Waals surface area contributed by atoms with Crippen LogP contribution in [0.1, 0.15) is 17.9 Å². The Hall–Kier alpha value is -3.52. The van der Waals surface area contributed by atoms with Crippen LogP contribution in [0.3, 0.4) is 0 Å². The van der Waals surface area contributed by atoms with E-state index in [1.165, 1.54) is 30.1 Å². The number of nitrogens with zero attached hydrogens (tertiary/aromatic N) is 2. The number of anilines is 1. The summed E-state index contributed by atoms with van der Waals surface area (Å²) >= 11 is 1.28. The molecule has 0 atom stereocenters. The van der Waals surface area contributed by atoms with Gasteiger partial charge in [-0.3, -0.25) is 4.79 Å².